The highest BCUT2D eigenvalue weighted by Gasteiger charge is 2.18. The molecule has 7 nitrogen and oxygen atoms in total. The minimum atomic E-state index is -3.52. The SMILES string of the molecule is COC(=O)c1ccc(Cl)c(NC(=O)c2ccc(CN(c3cccc(C)c3)S(C)(=O)=O)cc2)c1. The maximum atomic E-state index is 12.7. The van der Waals surface area contributed by atoms with Crippen LogP contribution in [0.1, 0.15) is 31.8 Å². The molecule has 0 aromatic heterocycles. The molecule has 0 unspecified atom stereocenters. The van der Waals surface area contributed by atoms with E-state index in [2.05, 4.69) is 10.1 Å². The molecule has 33 heavy (non-hydrogen) atoms. The molecule has 3 rings (SSSR count). The van der Waals surface area contributed by atoms with Crippen LogP contribution >= 0.6 is 11.6 Å². The standard InChI is InChI=1S/C24H23ClN2O5S/c1-16-5-4-6-20(13-16)27(33(3,30)31)15-17-7-9-18(10-8-17)23(28)26-22-14-19(24(29)32-2)11-12-21(22)25/h4-14H,15H2,1-3H3,(H,26,28). The average Bonchev–Trinajstić information content (AvgIpc) is 2.78. The summed E-state index contributed by atoms with van der Waals surface area (Å²) in [6.45, 7) is 2.02. The summed E-state index contributed by atoms with van der Waals surface area (Å²) in [5.74, 6) is -0.973. The molecule has 0 aliphatic rings. The van der Waals surface area contributed by atoms with E-state index in [1.807, 2.05) is 13.0 Å². The second-order valence-electron chi connectivity index (χ2n) is 7.45. The van der Waals surface area contributed by atoms with E-state index in [4.69, 9.17) is 11.6 Å². The van der Waals surface area contributed by atoms with E-state index < -0.39 is 21.9 Å². The Labute approximate surface area is 198 Å². The highest BCUT2D eigenvalue weighted by Crippen LogP contribution is 2.25. The Balaban J connectivity index is 1.78. The number of rotatable bonds is 7. The van der Waals surface area contributed by atoms with Gasteiger partial charge in [0.1, 0.15) is 0 Å². The number of methoxy groups -OCH3 is 1. The Morgan fingerprint density at radius 3 is 2.27 bits per heavy atom. The first-order valence-corrected chi connectivity index (χ1v) is 12.1. The van der Waals surface area contributed by atoms with Crippen molar-refractivity contribution in [3.63, 3.8) is 0 Å². The van der Waals surface area contributed by atoms with Gasteiger partial charge in [-0.05, 0) is 60.5 Å². The van der Waals surface area contributed by atoms with Crippen LogP contribution in [0.2, 0.25) is 5.02 Å². The minimum Gasteiger partial charge on any atom is -0.465 e. The van der Waals surface area contributed by atoms with Crippen molar-refractivity contribution in [2.75, 3.05) is 23.0 Å². The molecule has 0 spiro atoms. The number of benzene rings is 3. The second-order valence-corrected chi connectivity index (χ2v) is 9.76. The minimum absolute atomic E-state index is 0.122. The molecular formula is C24H23ClN2O5S. The molecule has 0 saturated carbocycles. The zero-order valence-electron chi connectivity index (χ0n) is 18.3. The van der Waals surface area contributed by atoms with Crippen molar-refractivity contribution in [2.24, 2.45) is 0 Å². The number of anilines is 2. The molecule has 0 radical (unpaired) electrons. The zero-order valence-corrected chi connectivity index (χ0v) is 19.9. The number of aryl methyl sites for hydroxylation is 1. The van der Waals surface area contributed by atoms with E-state index in [0.717, 1.165) is 11.8 Å². The number of carbonyl (C=O) groups is 2. The normalized spacial score (nSPS) is 11.0. The molecule has 0 atom stereocenters. The Kier molecular flexibility index (Phi) is 7.40. The van der Waals surface area contributed by atoms with Crippen LogP contribution in [0.5, 0.6) is 0 Å². The Morgan fingerprint density at radius 2 is 1.67 bits per heavy atom. The van der Waals surface area contributed by atoms with Crippen LogP contribution < -0.4 is 9.62 Å². The van der Waals surface area contributed by atoms with Gasteiger partial charge in [0.15, 0.2) is 0 Å². The van der Waals surface area contributed by atoms with E-state index in [1.54, 1.807) is 42.5 Å². The molecule has 0 bridgehead atoms. The fourth-order valence-corrected chi connectivity index (χ4v) is 4.22. The molecule has 172 valence electrons. The van der Waals surface area contributed by atoms with Gasteiger partial charge in [0.05, 0.1) is 41.9 Å². The van der Waals surface area contributed by atoms with Crippen molar-refractivity contribution in [3.8, 4) is 0 Å². The molecule has 1 amide bonds. The second kappa shape index (κ2) is 10.1. The summed E-state index contributed by atoms with van der Waals surface area (Å²) in [6, 6.07) is 18.2. The summed E-state index contributed by atoms with van der Waals surface area (Å²) >= 11 is 6.14. The number of carbonyl (C=O) groups excluding carboxylic acids is 2. The largest absolute Gasteiger partial charge is 0.465 e. The van der Waals surface area contributed by atoms with Crippen LogP contribution in [-0.4, -0.2) is 33.7 Å². The lowest BCUT2D eigenvalue weighted by molar-refractivity contribution is 0.0600. The van der Waals surface area contributed by atoms with Crippen molar-refractivity contribution in [3.05, 3.63) is 94.0 Å². The van der Waals surface area contributed by atoms with E-state index in [-0.39, 0.29) is 22.8 Å². The van der Waals surface area contributed by atoms with Crippen LogP contribution in [0, 0.1) is 6.92 Å². The highest BCUT2D eigenvalue weighted by molar-refractivity contribution is 7.92. The van der Waals surface area contributed by atoms with Gasteiger partial charge in [-0.3, -0.25) is 9.10 Å². The summed E-state index contributed by atoms with van der Waals surface area (Å²) < 4.78 is 30.7. The molecule has 3 aromatic carbocycles. The molecule has 0 fully saturated rings. The molecule has 0 heterocycles. The lowest BCUT2D eigenvalue weighted by Gasteiger charge is -2.23. The smallest absolute Gasteiger partial charge is 0.337 e. The number of ether oxygens (including phenoxy) is 1. The van der Waals surface area contributed by atoms with E-state index >= 15 is 0 Å². The van der Waals surface area contributed by atoms with Crippen LogP contribution in [0.15, 0.2) is 66.7 Å². The monoisotopic (exact) mass is 486 g/mol. The van der Waals surface area contributed by atoms with Crippen LogP contribution in [0.25, 0.3) is 0 Å². The van der Waals surface area contributed by atoms with Gasteiger partial charge in [-0.25, -0.2) is 13.2 Å². The van der Waals surface area contributed by atoms with Crippen LogP contribution in [0.3, 0.4) is 0 Å². The Bertz CT molecular complexity index is 1290. The number of nitrogens with one attached hydrogen (secondary N) is 1. The number of nitrogens with zero attached hydrogens (tertiary/aromatic N) is 1. The first-order valence-electron chi connectivity index (χ1n) is 9.91. The summed E-state index contributed by atoms with van der Waals surface area (Å²) in [5.41, 5.74) is 3.10. The first kappa shape index (κ1) is 24.3. The van der Waals surface area contributed by atoms with Gasteiger partial charge in [0, 0.05) is 5.56 Å². The Morgan fingerprint density at radius 1 is 1.00 bits per heavy atom. The molecule has 9 heteroatoms. The quantitative estimate of drug-likeness (QED) is 0.490. The van der Waals surface area contributed by atoms with Crippen molar-refractivity contribution in [2.45, 2.75) is 13.5 Å². The molecule has 0 aliphatic heterocycles. The van der Waals surface area contributed by atoms with Crippen molar-refractivity contribution >= 4 is 44.9 Å². The molecule has 0 aliphatic carbocycles. The average molecular weight is 487 g/mol. The molecule has 3 aromatic rings. The van der Waals surface area contributed by atoms with Crippen molar-refractivity contribution in [1.29, 1.82) is 0 Å². The zero-order chi connectivity index (χ0) is 24.2. The topological polar surface area (TPSA) is 92.8 Å². The van der Waals surface area contributed by atoms with Crippen LogP contribution in [-0.2, 0) is 21.3 Å². The summed E-state index contributed by atoms with van der Waals surface area (Å²) in [5, 5.41) is 2.95. The number of amides is 1. The van der Waals surface area contributed by atoms with Crippen LogP contribution in [0.4, 0.5) is 11.4 Å². The summed E-state index contributed by atoms with van der Waals surface area (Å²) in [7, 11) is -2.25. The predicted molar refractivity (Wildman–Crippen MR) is 129 cm³/mol. The Hall–Kier alpha value is -3.36. The molecule has 1 N–H and O–H groups in total. The third-order valence-corrected chi connectivity index (χ3v) is 6.34. The maximum Gasteiger partial charge on any atom is 0.337 e. The highest BCUT2D eigenvalue weighted by atomic mass is 35.5. The van der Waals surface area contributed by atoms with Gasteiger partial charge >= 0.3 is 5.97 Å². The fourth-order valence-electron chi connectivity index (χ4n) is 3.17. The summed E-state index contributed by atoms with van der Waals surface area (Å²) in [4.78, 5) is 24.4. The number of sulfonamides is 1. The predicted octanol–water partition coefficient (Wildman–Crippen LogP) is 4.65. The molecular weight excluding hydrogens is 464 g/mol. The maximum absolute atomic E-state index is 12.7. The van der Waals surface area contributed by atoms with Gasteiger partial charge in [-0.15, -0.1) is 0 Å². The first-order chi connectivity index (χ1) is 15.6. The van der Waals surface area contributed by atoms with E-state index in [0.29, 0.717) is 16.8 Å². The third-order valence-electron chi connectivity index (χ3n) is 4.87. The lowest BCUT2D eigenvalue weighted by Crippen LogP contribution is -2.29. The number of halogens is 1. The third kappa shape index (κ3) is 6.12. The van der Waals surface area contributed by atoms with Crippen molar-refractivity contribution in [1.82, 2.24) is 0 Å². The number of hydrogen-bond donors (Lipinski definition) is 1. The fraction of sp³-hybridized carbons (Fsp3) is 0.167. The van der Waals surface area contributed by atoms with Gasteiger partial charge in [-0.2, -0.15) is 0 Å². The lowest BCUT2D eigenvalue weighted by atomic mass is 10.1. The number of esters is 1. The van der Waals surface area contributed by atoms with E-state index in [9.17, 15) is 18.0 Å². The van der Waals surface area contributed by atoms with Gasteiger partial charge in [0.25, 0.3) is 5.91 Å². The molecule has 0 saturated heterocycles. The summed E-state index contributed by atoms with van der Waals surface area (Å²) in [6.07, 6.45) is 1.16. The number of hydrogen-bond acceptors (Lipinski definition) is 5. The van der Waals surface area contributed by atoms with Gasteiger partial charge < -0.3 is 10.1 Å². The van der Waals surface area contributed by atoms with Gasteiger partial charge in [0.2, 0.25) is 10.0 Å². The van der Waals surface area contributed by atoms with Crippen molar-refractivity contribution < 1.29 is 22.7 Å². The van der Waals surface area contributed by atoms with E-state index in [1.165, 1.54) is 29.6 Å². The van der Waals surface area contributed by atoms with Gasteiger partial charge in [-0.1, -0.05) is 35.9 Å².